The van der Waals surface area contributed by atoms with Crippen LogP contribution in [0, 0.1) is 0 Å². The summed E-state index contributed by atoms with van der Waals surface area (Å²) in [5.74, 6) is 0.737. The van der Waals surface area contributed by atoms with Crippen LogP contribution in [0.4, 0.5) is 0 Å². The van der Waals surface area contributed by atoms with Crippen LogP contribution in [-0.2, 0) is 6.54 Å². The molecule has 1 saturated carbocycles. The zero-order chi connectivity index (χ0) is 7.68. The topological polar surface area (TPSA) is 38.9 Å². The first-order chi connectivity index (χ1) is 5.40. The normalized spacial score (nSPS) is 14.2. The van der Waals surface area contributed by atoms with Gasteiger partial charge in [-0.05, 0) is 25.0 Å². The Bertz CT molecular complexity index is 262. The van der Waals surface area contributed by atoms with Gasteiger partial charge in [0, 0.05) is 18.2 Å². The fourth-order valence-electron chi connectivity index (χ4n) is 1.22. The predicted octanol–water partition coefficient (Wildman–Crippen LogP) is 2.26. The Hall–Kier alpha value is -0.310. The summed E-state index contributed by atoms with van der Waals surface area (Å²) in [7, 11) is 0. The van der Waals surface area contributed by atoms with Gasteiger partial charge in [0.1, 0.15) is 0 Å². The van der Waals surface area contributed by atoms with Crippen molar-refractivity contribution in [3.8, 4) is 0 Å². The van der Waals surface area contributed by atoms with Crippen molar-refractivity contribution in [3.63, 3.8) is 0 Å². The number of pyridine rings is 1. The molecule has 1 heterocycles. The molecule has 0 unspecified atom stereocenters. The molecular formula is C9H14Cl2N2. The number of nitrogens with two attached hydrogens (primary N) is 1. The van der Waals surface area contributed by atoms with Crippen molar-refractivity contribution in [1.82, 2.24) is 4.98 Å². The largest absolute Gasteiger partial charge is 0.325 e. The minimum Gasteiger partial charge on any atom is -0.325 e. The van der Waals surface area contributed by atoms with Crippen LogP contribution >= 0.6 is 24.8 Å². The van der Waals surface area contributed by atoms with E-state index < -0.39 is 0 Å². The van der Waals surface area contributed by atoms with Crippen molar-refractivity contribution < 1.29 is 0 Å². The third kappa shape index (κ3) is 3.14. The summed E-state index contributed by atoms with van der Waals surface area (Å²) in [5.41, 5.74) is 7.72. The molecule has 1 aliphatic rings. The van der Waals surface area contributed by atoms with Crippen molar-refractivity contribution in [2.75, 3.05) is 0 Å². The van der Waals surface area contributed by atoms with Crippen LogP contribution in [0.25, 0.3) is 0 Å². The molecule has 0 aliphatic heterocycles. The first-order valence-corrected chi connectivity index (χ1v) is 4.06. The fourth-order valence-corrected chi connectivity index (χ4v) is 1.22. The summed E-state index contributed by atoms with van der Waals surface area (Å²) >= 11 is 0. The van der Waals surface area contributed by atoms with Gasteiger partial charge >= 0.3 is 0 Å². The fraction of sp³-hybridized carbons (Fsp3) is 0.444. The summed E-state index contributed by atoms with van der Waals surface area (Å²) < 4.78 is 0. The molecule has 0 aromatic carbocycles. The quantitative estimate of drug-likeness (QED) is 0.831. The maximum atomic E-state index is 5.48. The van der Waals surface area contributed by atoms with Gasteiger partial charge in [-0.15, -0.1) is 24.8 Å². The highest BCUT2D eigenvalue weighted by atomic mass is 35.5. The molecule has 0 spiro atoms. The number of halogens is 2. The van der Waals surface area contributed by atoms with Gasteiger partial charge in [-0.1, -0.05) is 6.07 Å². The second-order valence-corrected chi connectivity index (χ2v) is 3.03. The molecule has 1 aliphatic carbocycles. The number of hydrogen-bond acceptors (Lipinski definition) is 2. The molecule has 1 aromatic rings. The molecule has 4 heteroatoms. The SMILES string of the molecule is Cl.Cl.NCc1cccc(C2CC2)n1. The monoisotopic (exact) mass is 220 g/mol. The lowest BCUT2D eigenvalue weighted by atomic mass is 10.2. The average Bonchev–Trinajstić information content (AvgIpc) is 2.87. The van der Waals surface area contributed by atoms with Gasteiger partial charge in [0.15, 0.2) is 0 Å². The number of nitrogens with zero attached hydrogens (tertiary/aromatic N) is 1. The summed E-state index contributed by atoms with van der Waals surface area (Å²) in [6.45, 7) is 0.556. The van der Waals surface area contributed by atoms with Crippen molar-refractivity contribution in [1.29, 1.82) is 0 Å². The first-order valence-electron chi connectivity index (χ1n) is 4.06. The van der Waals surface area contributed by atoms with Gasteiger partial charge in [-0.3, -0.25) is 4.98 Å². The Morgan fingerprint density at radius 3 is 2.54 bits per heavy atom. The average molecular weight is 221 g/mol. The number of rotatable bonds is 2. The molecule has 13 heavy (non-hydrogen) atoms. The smallest absolute Gasteiger partial charge is 0.0542 e. The first kappa shape index (κ1) is 12.7. The molecule has 2 rings (SSSR count). The maximum Gasteiger partial charge on any atom is 0.0542 e. The van der Waals surface area contributed by atoms with Gasteiger partial charge in [0.05, 0.1) is 5.69 Å². The minimum atomic E-state index is 0. The van der Waals surface area contributed by atoms with Gasteiger partial charge in [0.2, 0.25) is 0 Å². The van der Waals surface area contributed by atoms with E-state index in [0.717, 1.165) is 11.6 Å². The Morgan fingerprint density at radius 2 is 2.00 bits per heavy atom. The number of aromatic nitrogens is 1. The lowest BCUT2D eigenvalue weighted by Crippen LogP contribution is -2.00. The van der Waals surface area contributed by atoms with E-state index in [9.17, 15) is 0 Å². The zero-order valence-electron chi connectivity index (χ0n) is 7.27. The zero-order valence-corrected chi connectivity index (χ0v) is 8.90. The summed E-state index contributed by atoms with van der Waals surface area (Å²) in [6, 6.07) is 6.12. The van der Waals surface area contributed by atoms with E-state index in [0.29, 0.717) is 6.54 Å². The van der Waals surface area contributed by atoms with Crippen LogP contribution in [-0.4, -0.2) is 4.98 Å². The molecular weight excluding hydrogens is 207 g/mol. The molecule has 1 aromatic heterocycles. The highest BCUT2D eigenvalue weighted by molar-refractivity contribution is 5.85. The van der Waals surface area contributed by atoms with Gasteiger partial charge in [-0.25, -0.2) is 0 Å². The molecule has 0 bridgehead atoms. The van der Waals surface area contributed by atoms with E-state index in [1.807, 2.05) is 12.1 Å². The second kappa shape index (κ2) is 5.43. The van der Waals surface area contributed by atoms with Gasteiger partial charge < -0.3 is 5.73 Å². The summed E-state index contributed by atoms with van der Waals surface area (Å²) in [6.07, 6.45) is 2.61. The highest BCUT2D eigenvalue weighted by Gasteiger charge is 2.24. The minimum absolute atomic E-state index is 0. The van der Waals surface area contributed by atoms with E-state index in [1.54, 1.807) is 0 Å². The summed E-state index contributed by atoms with van der Waals surface area (Å²) in [5, 5.41) is 0. The van der Waals surface area contributed by atoms with E-state index in [2.05, 4.69) is 11.1 Å². The molecule has 0 saturated heterocycles. The lowest BCUT2D eigenvalue weighted by Gasteiger charge is -1.99. The Balaban J connectivity index is 0.000000720. The molecule has 2 N–H and O–H groups in total. The third-order valence-corrected chi connectivity index (χ3v) is 2.03. The van der Waals surface area contributed by atoms with Crippen molar-refractivity contribution >= 4 is 24.8 Å². The third-order valence-electron chi connectivity index (χ3n) is 2.03. The van der Waals surface area contributed by atoms with Crippen molar-refractivity contribution in [3.05, 3.63) is 29.6 Å². The van der Waals surface area contributed by atoms with Crippen LogP contribution in [0.2, 0.25) is 0 Å². The molecule has 1 fully saturated rings. The van der Waals surface area contributed by atoms with Crippen molar-refractivity contribution in [2.24, 2.45) is 5.73 Å². The van der Waals surface area contributed by atoms with Gasteiger partial charge in [-0.2, -0.15) is 0 Å². The standard InChI is InChI=1S/C9H12N2.2ClH/c10-6-8-2-1-3-9(11-8)7-4-5-7;;/h1-3,7H,4-6,10H2;2*1H. The van der Waals surface area contributed by atoms with E-state index >= 15 is 0 Å². The molecule has 0 radical (unpaired) electrons. The van der Waals surface area contributed by atoms with E-state index in [4.69, 9.17) is 5.73 Å². The lowest BCUT2D eigenvalue weighted by molar-refractivity contribution is 0.926. The molecule has 0 amide bonds. The highest BCUT2D eigenvalue weighted by Crippen LogP contribution is 2.38. The second-order valence-electron chi connectivity index (χ2n) is 3.03. The van der Waals surface area contributed by atoms with Crippen LogP contribution in [0.15, 0.2) is 18.2 Å². The van der Waals surface area contributed by atoms with Gasteiger partial charge in [0.25, 0.3) is 0 Å². The van der Waals surface area contributed by atoms with Crippen LogP contribution in [0.3, 0.4) is 0 Å². The Labute approximate surface area is 90.8 Å². The van der Waals surface area contributed by atoms with Crippen LogP contribution in [0.5, 0.6) is 0 Å². The van der Waals surface area contributed by atoms with E-state index in [-0.39, 0.29) is 24.8 Å². The van der Waals surface area contributed by atoms with Crippen LogP contribution in [0.1, 0.15) is 30.1 Å². The molecule has 2 nitrogen and oxygen atoms in total. The molecule has 0 atom stereocenters. The Morgan fingerprint density at radius 1 is 1.31 bits per heavy atom. The Kier molecular flexibility index (Phi) is 5.30. The summed E-state index contributed by atoms with van der Waals surface area (Å²) in [4.78, 5) is 4.43. The van der Waals surface area contributed by atoms with E-state index in [1.165, 1.54) is 18.5 Å². The van der Waals surface area contributed by atoms with Crippen molar-refractivity contribution in [2.45, 2.75) is 25.3 Å². The molecule has 74 valence electrons. The van der Waals surface area contributed by atoms with Crippen LogP contribution < -0.4 is 5.73 Å². The maximum absolute atomic E-state index is 5.48. The predicted molar refractivity (Wildman–Crippen MR) is 58.6 cm³/mol. The number of hydrogen-bond donors (Lipinski definition) is 1.